The number of carboxylic acids is 1. The maximum atomic E-state index is 11.5. The van der Waals surface area contributed by atoms with E-state index in [2.05, 4.69) is 10.2 Å². The van der Waals surface area contributed by atoms with Gasteiger partial charge in [0.25, 0.3) is 0 Å². The first-order chi connectivity index (χ1) is 9.00. The molecule has 0 unspecified atom stereocenters. The number of carbonyl (C=O) groups is 2. The first-order valence-electron chi connectivity index (χ1n) is 6.47. The Kier molecular flexibility index (Phi) is 6.58. The van der Waals surface area contributed by atoms with Crippen LogP contribution in [0.4, 0.5) is 4.79 Å². The summed E-state index contributed by atoms with van der Waals surface area (Å²) in [4.78, 5) is 24.5. The lowest BCUT2D eigenvalue weighted by Gasteiger charge is -2.26. The van der Waals surface area contributed by atoms with E-state index >= 15 is 0 Å². The Labute approximate surface area is 112 Å². The second-order valence-corrected chi connectivity index (χ2v) is 4.79. The van der Waals surface area contributed by atoms with E-state index in [-0.39, 0.29) is 12.5 Å². The summed E-state index contributed by atoms with van der Waals surface area (Å²) in [6.07, 6.45) is -0.686. The summed E-state index contributed by atoms with van der Waals surface area (Å²) in [5.74, 6) is -1.25. The Bertz CT molecular complexity index is 302. The van der Waals surface area contributed by atoms with Crippen LogP contribution < -0.4 is 5.32 Å². The highest BCUT2D eigenvalue weighted by Crippen LogP contribution is 2.02. The van der Waals surface area contributed by atoms with Gasteiger partial charge in [-0.05, 0) is 5.92 Å². The lowest BCUT2D eigenvalue weighted by Crippen LogP contribution is -2.45. The molecule has 0 aromatic rings. The van der Waals surface area contributed by atoms with E-state index in [0.29, 0.717) is 19.8 Å². The van der Waals surface area contributed by atoms with E-state index in [1.54, 1.807) is 13.8 Å². The molecule has 0 bridgehead atoms. The zero-order valence-corrected chi connectivity index (χ0v) is 11.4. The van der Waals surface area contributed by atoms with Gasteiger partial charge >= 0.3 is 12.1 Å². The molecule has 0 spiro atoms. The third kappa shape index (κ3) is 5.89. The van der Waals surface area contributed by atoms with Gasteiger partial charge < -0.3 is 19.9 Å². The fourth-order valence-electron chi connectivity index (χ4n) is 1.77. The molecule has 0 aromatic heterocycles. The van der Waals surface area contributed by atoms with Crippen LogP contribution in [0, 0.1) is 5.92 Å². The van der Waals surface area contributed by atoms with Crippen LogP contribution in [0.2, 0.25) is 0 Å². The Morgan fingerprint density at radius 2 is 2.00 bits per heavy atom. The van der Waals surface area contributed by atoms with Crippen LogP contribution in [0.15, 0.2) is 0 Å². The number of nitrogens with zero attached hydrogens (tertiary/aromatic N) is 1. The molecular formula is C12H22N2O5. The molecule has 0 saturated carbocycles. The molecule has 1 atom stereocenters. The Morgan fingerprint density at radius 1 is 1.37 bits per heavy atom. The molecule has 19 heavy (non-hydrogen) atoms. The van der Waals surface area contributed by atoms with Gasteiger partial charge in [-0.3, -0.25) is 4.90 Å². The molecule has 1 amide bonds. The molecule has 1 heterocycles. The Hall–Kier alpha value is -1.34. The van der Waals surface area contributed by atoms with E-state index in [1.165, 1.54) is 0 Å². The van der Waals surface area contributed by atoms with Gasteiger partial charge in [-0.25, -0.2) is 9.59 Å². The fraction of sp³-hybridized carbons (Fsp3) is 0.833. The van der Waals surface area contributed by atoms with Crippen LogP contribution in [0.5, 0.6) is 0 Å². The Balaban J connectivity index is 2.21. The lowest BCUT2D eigenvalue weighted by molar-refractivity contribution is -0.140. The molecule has 1 rings (SSSR count). The van der Waals surface area contributed by atoms with Crippen LogP contribution in [-0.4, -0.2) is 67.6 Å². The van der Waals surface area contributed by atoms with Crippen molar-refractivity contribution in [3.8, 4) is 0 Å². The predicted octanol–water partition coefficient (Wildman–Crippen LogP) is 0.154. The molecular weight excluding hydrogens is 252 g/mol. The number of alkyl carbamates (subject to hydrolysis) is 1. The molecule has 0 aliphatic carbocycles. The third-order valence-electron chi connectivity index (χ3n) is 2.95. The van der Waals surface area contributed by atoms with Crippen LogP contribution in [-0.2, 0) is 14.3 Å². The number of morpholine rings is 1. The average Bonchev–Trinajstić information content (AvgIpc) is 2.36. The smallest absolute Gasteiger partial charge is 0.407 e. The number of nitrogens with one attached hydrogen (secondary N) is 1. The van der Waals surface area contributed by atoms with Crippen molar-refractivity contribution in [3.63, 3.8) is 0 Å². The van der Waals surface area contributed by atoms with Crippen molar-refractivity contribution in [1.82, 2.24) is 10.2 Å². The fourth-order valence-corrected chi connectivity index (χ4v) is 1.77. The number of carboxylic acid groups (broad SMARTS) is 1. The first-order valence-corrected chi connectivity index (χ1v) is 6.47. The van der Waals surface area contributed by atoms with Gasteiger partial charge in [-0.1, -0.05) is 13.8 Å². The second-order valence-electron chi connectivity index (χ2n) is 4.79. The number of rotatable bonds is 6. The van der Waals surface area contributed by atoms with Gasteiger partial charge in [-0.2, -0.15) is 0 Å². The van der Waals surface area contributed by atoms with Crippen LogP contribution >= 0.6 is 0 Å². The minimum absolute atomic E-state index is 0.190. The highest BCUT2D eigenvalue weighted by Gasteiger charge is 2.24. The minimum atomic E-state index is -1.06. The third-order valence-corrected chi connectivity index (χ3v) is 2.95. The SMILES string of the molecule is CC(C)[C@H](NC(=O)OCCN1CCOCC1)C(=O)O. The highest BCUT2D eigenvalue weighted by atomic mass is 16.5. The largest absolute Gasteiger partial charge is 0.480 e. The molecule has 7 nitrogen and oxygen atoms in total. The monoisotopic (exact) mass is 274 g/mol. The van der Waals surface area contributed by atoms with Gasteiger partial charge in [0.1, 0.15) is 12.6 Å². The molecule has 1 saturated heterocycles. The Morgan fingerprint density at radius 3 is 2.53 bits per heavy atom. The van der Waals surface area contributed by atoms with Gasteiger partial charge in [0, 0.05) is 19.6 Å². The summed E-state index contributed by atoms with van der Waals surface area (Å²) in [7, 11) is 0. The van der Waals surface area contributed by atoms with Gasteiger partial charge in [-0.15, -0.1) is 0 Å². The quantitative estimate of drug-likeness (QED) is 0.717. The highest BCUT2D eigenvalue weighted by molar-refractivity contribution is 5.80. The van der Waals surface area contributed by atoms with Crippen molar-refractivity contribution in [2.75, 3.05) is 39.5 Å². The maximum Gasteiger partial charge on any atom is 0.407 e. The lowest BCUT2D eigenvalue weighted by atomic mass is 10.1. The molecule has 110 valence electrons. The zero-order chi connectivity index (χ0) is 14.3. The molecule has 0 aromatic carbocycles. The predicted molar refractivity (Wildman–Crippen MR) is 68.0 cm³/mol. The van der Waals surface area contributed by atoms with Crippen molar-refractivity contribution in [3.05, 3.63) is 0 Å². The van der Waals surface area contributed by atoms with Crippen LogP contribution in [0.1, 0.15) is 13.8 Å². The van der Waals surface area contributed by atoms with E-state index in [0.717, 1.165) is 13.1 Å². The molecule has 1 aliphatic heterocycles. The van der Waals surface area contributed by atoms with Gasteiger partial charge in [0.15, 0.2) is 0 Å². The molecule has 2 N–H and O–H groups in total. The normalized spacial score (nSPS) is 18.1. The van der Waals surface area contributed by atoms with Crippen molar-refractivity contribution in [2.24, 2.45) is 5.92 Å². The summed E-state index contributed by atoms with van der Waals surface area (Å²) in [6, 6.07) is -0.920. The average molecular weight is 274 g/mol. The van der Waals surface area contributed by atoms with Crippen LogP contribution in [0.3, 0.4) is 0 Å². The van der Waals surface area contributed by atoms with Crippen molar-refractivity contribution in [1.29, 1.82) is 0 Å². The summed E-state index contributed by atoms with van der Waals surface area (Å²) < 4.78 is 10.2. The van der Waals surface area contributed by atoms with E-state index in [9.17, 15) is 9.59 Å². The van der Waals surface area contributed by atoms with Crippen LogP contribution in [0.25, 0.3) is 0 Å². The van der Waals surface area contributed by atoms with Crippen molar-refractivity contribution < 1.29 is 24.2 Å². The number of hydrogen-bond acceptors (Lipinski definition) is 5. The first kappa shape index (κ1) is 15.7. The summed E-state index contributed by atoms with van der Waals surface area (Å²) in [6.45, 7) is 7.39. The van der Waals surface area contributed by atoms with Crippen molar-refractivity contribution >= 4 is 12.1 Å². The maximum absolute atomic E-state index is 11.5. The number of hydrogen-bond donors (Lipinski definition) is 2. The van der Waals surface area contributed by atoms with Gasteiger partial charge in [0.05, 0.1) is 13.2 Å². The van der Waals surface area contributed by atoms with E-state index in [4.69, 9.17) is 14.6 Å². The molecule has 0 radical (unpaired) electrons. The summed E-state index contributed by atoms with van der Waals surface area (Å²) in [5.41, 5.74) is 0. The number of aliphatic carboxylic acids is 1. The topological polar surface area (TPSA) is 88.1 Å². The standard InChI is InChI=1S/C12H22N2O5/c1-9(2)10(11(15)16)13-12(17)19-8-5-14-3-6-18-7-4-14/h9-10H,3-8H2,1-2H3,(H,13,17)(H,15,16)/t10-/m0/s1. The number of amides is 1. The second kappa shape index (κ2) is 7.96. The molecule has 7 heteroatoms. The minimum Gasteiger partial charge on any atom is -0.480 e. The number of carbonyl (C=O) groups excluding carboxylic acids is 1. The summed E-state index contributed by atoms with van der Waals surface area (Å²) in [5, 5.41) is 11.3. The summed E-state index contributed by atoms with van der Waals surface area (Å²) >= 11 is 0. The van der Waals surface area contributed by atoms with Crippen molar-refractivity contribution in [2.45, 2.75) is 19.9 Å². The van der Waals surface area contributed by atoms with E-state index in [1.807, 2.05) is 0 Å². The van der Waals surface area contributed by atoms with Gasteiger partial charge in [0.2, 0.25) is 0 Å². The molecule has 1 fully saturated rings. The molecule has 1 aliphatic rings. The zero-order valence-electron chi connectivity index (χ0n) is 11.4. The van der Waals surface area contributed by atoms with E-state index < -0.39 is 18.1 Å². The number of ether oxygens (including phenoxy) is 2.